The number of nitro benzene ring substituents is 1. The fourth-order valence-corrected chi connectivity index (χ4v) is 8.37. The van der Waals surface area contributed by atoms with Crippen LogP contribution in [0, 0.1) is 10.1 Å². The summed E-state index contributed by atoms with van der Waals surface area (Å²) in [5.41, 5.74) is 1.23. The van der Waals surface area contributed by atoms with Crippen molar-refractivity contribution < 1.29 is 20.2 Å². The highest BCUT2D eigenvalue weighted by atomic mass is 16.6. The summed E-state index contributed by atoms with van der Waals surface area (Å²) in [7, 11) is 0. The molecule has 0 aromatic heterocycles. The van der Waals surface area contributed by atoms with Crippen LogP contribution in [0.15, 0.2) is 133 Å². The van der Waals surface area contributed by atoms with Crippen molar-refractivity contribution in [3.63, 3.8) is 0 Å². The summed E-state index contributed by atoms with van der Waals surface area (Å²) in [6.07, 6.45) is 3.11. The van der Waals surface area contributed by atoms with Crippen LogP contribution in [0.2, 0.25) is 0 Å². The zero-order chi connectivity index (χ0) is 34.7. The third-order valence-electron chi connectivity index (χ3n) is 10.8. The van der Waals surface area contributed by atoms with E-state index in [9.17, 15) is 25.4 Å². The van der Waals surface area contributed by atoms with E-state index in [1.165, 1.54) is 12.1 Å². The molecule has 2 heterocycles. The van der Waals surface area contributed by atoms with Crippen molar-refractivity contribution in [1.29, 1.82) is 0 Å². The van der Waals surface area contributed by atoms with Gasteiger partial charge in [0.05, 0.1) is 4.92 Å². The standard InChI is InChI=1S/C42H43N3O5/c46-40-31(29-43-25-13-23-38(43)41(47,33-15-5-1-6-16-33)34-17-7-2-8-18-34)27-37(45(49)50)28-32(40)30-44-26-14-24-39(44)42(48,35-19-9-3-10-20-35)36-21-11-4-12-22-36/h1-12,15-22,27-28,38-39,46-48H,13-14,23-26,29-30H2/t38-,39-/m0/s1. The molecule has 5 aromatic carbocycles. The molecule has 0 unspecified atom stereocenters. The van der Waals surface area contributed by atoms with Gasteiger partial charge in [-0.3, -0.25) is 19.9 Å². The Morgan fingerprint density at radius 3 is 1.22 bits per heavy atom. The van der Waals surface area contributed by atoms with Gasteiger partial charge in [-0.25, -0.2) is 0 Å². The van der Waals surface area contributed by atoms with E-state index < -0.39 is 16.1 Å². The van der Waals surface area contributed by atoms with E-state index >= 15 is 0 Å². The van der Waals surface area contributed by atoms with Crippen LogP contribution in [-0.2, 0) is 24.3 Å². The lowest BCUT2D eigenvalue weighted by Crippen LogP contribution is -2.48. The van der Waals surface area contributed by atoms with E-state index in [0.717, 1.165) is 47.9 Å². The van der Waals surface area contributed by atoms with Crippen LogP contribution in [0.25, 0.3) is 0 Å². The van der Waals surface area contributed by atoms with Gasteiger partial charge in [-0.1, -0.05) is 121 Å². The number of likely N-dealkylation sites (tertiary alicyclic amines) is 2. The zero-order valence-electron chi connectivity index (χ0n) is 28.0. The minimum Gasteiger partial charge on any atom is -0.507 e. The van der Waals surface area contributed by atoms with Crippen molar-refractivity contribution in [3.05, 3.63) is 177 Å². The number of nitrogens with zero attached hydrogens (tertiary/aromatic N) is 3. The Labute approximate surface area is 293 Å². The highest BCUT2D eigenvalue weighted by Crippen LogP contribution is 2.44. The predicted octanol–water partition coefficient (Wildman–Crippen LogP) is 7.10. The maximum Gasteiger partial charge on any atom is 0.270 e. The quantitative estimate of drug-likeness (QED) is 0.102. The second-order valence-corrected chi connectivity index (χ2v) is 13.6. The SMILES string of the molecule is O=[N+]([O-])c1cc(CN2CCC[C@H]2C(O)(c2ccccc2)c2ccccc2)c(O)c(CN2CCC[C@H]2C(O)(c2ccccc2)c2ccccc2)c1. The van der Waals surface area contributed by atoms with Gasteiger partial charge in [-0.2, -0.15) is 0 Å². The summed E-state index contributed by atoms with van der Waals surface area (Å²) in [4.78, 5) is 16.2. The molecule has 0 spiro atoms. The van der Waals surface area contributed by atoms with Gasteiger partial charge in [0, 0.05) is 48.4 Å². The first kappa shape index (κ1) is 33.6. The Balaban J connectivity index is 1.23. The van der Waals surface area contributed by atoms with E-state index in [4.69, 9.17) is 0 Å². The molecule has 8 nitrogen and oxygen atoms in total. The third-order valence-corrected chi connectivity index (χ3v) is 10.8. The van der Waals surface area contributed by atoms with E-state index in [2.05, 4.69) is 9.80 Å². The highest BCUT2D eigenvalue weighted by molar-refractivity contribution is 5.50. The molecule has 3 N–H and O–H groups in total. The molecule has 2 saturated heterocycles. The van der Waals surface area contributed by atoms with Gasteiger partial charge < -0.3 is 15.3 Å². The van der Waals surface area contributed by atoms with Crippen LogP contribution in [-0.4, -0.2) is 55.2 Å². The lowest BCUT2D eigenvalue weighted by Gasteiger charge is -2.41. The minimum atomic E-state index is -1.33. The first-order valence-corrected chi connectivity index (χ1v) is 17.4. The Bertz CT molecular complexity index is 1700. The first-order chi connectivity index (χ1) is 24.3. The van der Waals surface area contributed by atoms with Crippen LogP contribution in [0.5, 0.6) is 5.75 Å². The molecule has 8 heteroatoms. The van der Waals surface area contributed by atoms with Gasteiger partial charge in [0.15, 0.2) is 0 Å². The number of aromatic hydroxyl groups is 1. The molecule has 5 aromatic rings. The Morgan fingerprint density at radius 2 is 0.920 bits per heavy atom. The second-order valence-electron chi connectivity index (χ2n) is 13.6. The molecule has 2 fully saturated rings. The summed E-state index contributed by atoms with van der Waals surface area (Å²) >= 11 is 0. The summed E-state index contributed by atoms with van der Waals surface area (Å²) in [6, 6.07) is 40.8. The van der Waals surface area contributed by atoms with E-state index in [-0.39, 0.29) is 36.6 Å². The Kier molecular flexibility index (Phi) is 9.53. The fourth-order valence-electron chi connectivity index (χ4n) is 8.37. The van der Waals surface area contributed by atoms with Crippen LogP contribution >= 0.6 is 0 Å². The molecule has 0 bridgehead atoms. The van der Waals surface area contributed by atoms with Crippen molar-refractivity contribution >= 4 is 5.69 Å². The first-order valence-electron chi connectivity index (χ1n) is 17.4. The number of hydrogen-bond acceptors (Lipinski definition) is 7. The minimum absolute atomic E-state index is 0.0119. The number of nitro groups is 1. The van der Waals surface area contributed by atoms with Gasteiger partial charge in [0.1, 0.15) is 17.0 Å². The molecule has 2 atom stereocenters. The van der Waals surface area contributed by atoms with Gasteiger partial charge in [0.25, 0.3) is 5.69 Å². The molecule has 0 radical (unpaired) electrons. The summed E-state index contributed by atoms with van der Waals surface area (Å²) < 4.78 is 0. The maximum atomic E-state index is 12.6. The number of non-ortho nitro benzene ring substituents is 1. The van der Waals surface area contributed by atoms with Crippen LogP contribution < -0.4 is 0 Å². The molecule has 2 aliphatic rings. The van der Waals surface area contributed by atoms with Gasteiger partial charge >= 0.3 is 0 Å². The number of hydrogen-bond donors (Lipinski definition) is 3. The normalized spacial score (nSPS) is 18.8. The highest BCUT2D eigenvalue weighted by Gasteiger charge is 2.47. The zero-order valence-corrected chi connectivity index (χ0v) is 28.0. The van der Waals surface area contributed by atoms with Crippen LogP contribution in [0.4, 0.5) is 5.69 Å². The fraction of sp³-hybridized carbons (Fsp3) is 0.286. The smallest absolute Gasteiger partial charge is 0.270 e. The monoisotopic (exact) mass is 669 g/mol. The molecular formula is C42H43N3O5. The average Bonchev–Trinajstić information content (AvgIpc) is 3.84. The topological polar surface area (TPSA) is 110 Å². The van der Waals surface area contributed by atoms with Crippen molar-refractivity contribution in [2.45, 2.75) is 62.1 Å². The lowest BCUT2D eigenvalue weighted by molar-refractivity contribution is -0.385. The lowest BCUT2D eigenvalue weighted by atomic mass is 9.79. The van der Waals surface area contributed by atoms with Gasteiger partial charge in [0.2, 0.25) is 0 Å². The molecule has 50 heavy (non-hydrogen) atoms. The van der Waals surface area contributed by atoms with Crippen molar-refractivity contribution in [2.75, 3.05) is 13.1 Å². The number of benzene rings is 5. The van der Waals surface area contributed by atoms with E-state index in [0.29, 0.717) is 24.2 Å². The second kappa shape index (κ2) is 14.2. The molecular weight excluding hydrogens is 626 g/mol. The Hall–Kier alpha value is -4.86. The summed E-state index contributed by atoms with van der Waals surface area (Å²) in [6.45, 7) is 1.79. The molecule has 0 saturated carbocycles. The van der Waals surface area contributed by atoms with Crippen molar-refractivity contribution in [1.82, 2.24) is 9.80 Å². The van der Waals surface area contributed by atoms with Crippen LogP contribution in [0.1, 0.15) is 59.1 Å². The van der Waals surface area contributed by atoms with Gasteiger partial charge in [-0.15, -0.1) is 0 Å². The number of aliphatic hydroxyl groups is 2. The summed E-state index contributed by atoms with van der Waals surface area (Å²) in [5.74, 6) is 0.0119. The molecule has 0 amide bonds. The number of phenolic OH excluding ortho intramolecular Hbond substituents is 1. The molecule has 256 valence electrons. The maximum absolute atomic E-state index is 12.6. The summed E-state index contributed by atoms with van der Waals surface area (Å²) in [5, 5.41) is 49.4. The van der Waals surface area contributed by atoms with Crippen LogP contribution in [0.3, 0.4) is 0 Å². The third kappa shape index (κ3) is 6.20. The van der Waals surface area contributed by atoms with Crippen molar-refractivity contribution in [2.24, 2.45) is 0 Å². The average molecular weight is 670 g/mol. The van der Waals surface area contributed by atoms with E-state index in [1.54, 1.807) is 0 Å². The molecule has 0 aliphatic carbocycles. The largest absolute Gasteiger partial charge is 0.507 e. The molecule has 7 rings (SSSR count). The van der Waals surface area contributed by atoms with E-state index in [1.807, 2.05) is 121 Å². The number of rotatable bonds is 11. The predicted molar refractivity (Wildman–Crippen MR) is 193 cm³/mol. The van der Waals surface area contributed by atoms with Crippen molar-refractivity contribution in [3.8, 4) is 5.75 Å². The Morgan fingerprint density at radius 1 is 0.600 bits per heavy atom. The molecule has 2 aliphatic heterocycles. The number of phenols is 1. The van der Waals surface area contributed by atoms with Gasteiger partial charge in [-0.05, 0) is 61.0 Å².